The maximum absolute atomic E-state index is 13.6. The number of carbonyl (C=O) groups excluding carboxylic acids is 2. The van der Waals surface area contributed by atoms with E-state index in [-0.39, 0.29) is 23.8 Å². The Hall–Kier alpha value is -3.83. The average Bonchev–Trinajstić information content (AvgIpc) is 3.37. The van der Waals surface area contributed by atoms with Gasteiger partial charge in [0.1, 0.15) is 5.52 Å². The zero-order chi connectivity index (χ0) is 29.5. The van der Waals surface area contributed by atoms with Gasteiger partial charge in [0.25, 0.3) is 5.89 Å². The van der Waals surface area contributed by atoms with Gasteiger partial charge in [-0.15, -0.1) is 0 Å². The van der Waals surface area contributed by atoms with Crippen molar-refractivity contribution in [2.24, 2.45) is 5.92 Å². The summed E-state index contributed by atoms with van der Waals surface area (Å²) < 4.78 is 58.2. The van der Waals surface area contributed by atoms with Crippen LogP contribution in [-0.2, 0) is 36.0 Å². The van der Waals surface area contributed by atoms with Crippen molar-refractivity contribution in [2.75, 3.05) is 11.5 Å². The summed E-state index contributed by atoms with van der Waals surface area (Å²) in [7, 11) is -7.81. The van der Waals surface area contributed by atoms with Gasteiger partial charge in [0, 0.05) is 0 Å². The lowest BCUT2D eigenvalue weighted by Crippen LogP contribution is -2.47. The molecule has 216 valence electrons. The molecule has 0 fully saturated rings. The molecule has 0 spiro atoms. The van der Waals surface area contributed by atoms with Gasteiger partial charge < -0.3 is 9.73 Å². The molecule has 1 aromatic heterocycles. The predicted molar refractivity (Wildman–Crippen MR) is 157 cm³/mol. The van der Waals surface area contributed by atoms with Gasteiger partial charge in [-0.1, -0.05) is 86.1 Å². The number of oxazole rings is 1. The lowest BCUT2D eigenvalue weighted by atomic mass is 10.1. The minimum Gasteiger partial charge on any atom is -0.434 e. The lowest BCUT2D eigenvalue weighted by molar-refractivity contribution is -0.124. The number of sulfone groups is 2. The fourth-order valence-corrected chi connectivity index (χ4v) is 8.11. The second-order valence-corrected chi connectivity index (χ2v) is 14.2. The minimum absolute atomic E-state index is 0.185. The third kappa shape index (κ3) is 8.58. The van der Waals surface area contributed by atoms with Crippen molar-refractivity contribution in [2.45, 2.75) is 37.3 Å². The Morgan fingerprint density at radius 2 is 1.29 bits per heavy atom. The molecule has 3 aromatic carbocycles. The van der Waals surface area contributed by atoms with E-state index in [0.717, 1.165) is 0 Å². The number of para-hydroxylation sites is 2. The number of hydrogen-bond acceptors (Lipinski definition) is 8. The quantitative estimate of drug-likeness (QED) is 0.214. The molecule has 1 atom stereocenters. The smallest absolute Gasteiger partial charge is 0.266 e. The fourth-order valence-electron chi connectivity index (χ4n) is 4.56. The number of carbonyl (C=O) groups is 2. The Balaban J connectivity index is 1.58. The predicted octanol–water partition coefficient (Wildman–Crippen LogP) is 4.14. The van der Waals surface area contributed by atoms with Crippen molar-refractivity contribution >= 4 is 42.5 Å². The summed E-state index contributed by atoms with van der Waals surface area (Å²) in [6.07, 6.45) is 0.740. The van der Waals surface area contributed by atoms with E-state index in [1.165, 1.54) is 0 Å². The number of aromatic nitrogens is 1. The van der Waals surface area contributed by atoms with Crippen LogP contribution in [0.15, 0.2) is 89.3 Å². The minimum atomic E-state index is -3.90. The number of fused-ring (bicyclic) bond motifs is 1. The number of benzene rings is 3. The average molecular weight is 597 g/mol. The molecule has 4 rings (SSSR count). The van der Waals surface area contributed by atoms with Crippen LogP contribution in [0.25, 0.3) is 11.1 Å². The summed E-state index contributed by atoms with van der Waals surface area (Å²) in [5.74, 6) is -5.12. The second-order valence-electron chi connectivity index (χ2n) is 9.98. The van der Waals surface area contributed by atoms with Gasteiger partial charge in [-0.25, -0.2) is 21.8 Å². The molecule has 0 radical (unpaired) electrons. The van der Waals surface area contributed by atoms with E-state index in [2.05, 4.69) is 10.3 Å². The summed E-state index contributed by atoms with van der Waals surface area (Å²) in [6.45, 7) is 1.82. The second kappa shape index (κ2) is 13.2. The fraction of sp³-hybridized carbons (Fsp3) is 0.300. The Morgan fingerprint density at radius 1 is 0.780 bits per heavy atom. The number of nitrogens with zero attached hydrogens (tertiary/aromatic N) is 1. The molecular formula is C30H32N2O7S2. The Bertz CT molecular complexity index is 1590. The van der Waals surface area contributed by atoms with E-state index >= 15 is 0 Å². The molecule has 0 aliphatic rings. The number of hydrogen-bond donors (Lipinski definition) is 1. The van der Waals surface area contributed by atoms with Gasteiger partial charge in [-0.2, -0.15) is 0 Å². The van der Waals surface area contributed by atoms with Crippen molar-refractivity contribution < 1.29 is 30.8 Å². The van der Waals surface area contributed by atoms with Crippen LogP contribution in [0.3, 0.4) is 0 Å². The first-order chi connectivity index (χ1) is 19.5. The van der Waals surface area contributed by atoms with Crippen molar-refractivity contribution in [1.82, 2.24) is 10.3 Å². The molecule has 0 bridgehead atoms. The van der Waals surface area contributed by atoms with Crippen LogP contribution in [0.2, 0.25) is 0 Å². The zero-order valence-corrected chi connectivity index (χ0v) is 24.2. The Labute approximate surface area is 239 Å². The summed E-state index contributed by atoms with van der Waals surface area (Å²) in [4.78, 5) is 31.1. The number of nitrogens with one attached hydrogen (secondary N) is 1. The van der Waals surface area contributed by atoms with Crippen LogP contribution >= 0.6 is 0 Å². The SMILES string of the molecule is CCC[C@H](NC(=O)C(CS(=O)(=O)Cc1ccccc1)CS(=O)(=O)Cc1ccccc1)C(=O)c1nc2ccccc2o1. The summed E-state index contributed by atoms with van der Waals surface area (Å²) in [5, 5.41) is 2.62. The molecule has 4 aromatic rings. The maximum Gasteiger partial charge on any atom is 0.266 e. The van der Waals surface area contributed by atoms with Crippen LogP contribution in [0, 0.1) is 5.92 Å². The van der Waals surface area contributed by atoms with Gasteiger partial charge in [0.05, 0.1) is 35.0 Å². The molecular weight excluding hydrogens is 564 g/mol. The van der Waals surface area contributed by atoms with Gasteiger partial charge in [0.2, 0.25) is 11.7 Å². The van der Waals surface area contributed by atoms with Crippen molar-refractivity contribution in [3.8, 4) is 0 Å². The van der Waals surface area contributed by atoms with Gasteiger partial charge in [0.15, 0.2) is 25.3 Å². The summed E-state index contributed by atoms with van der Waals surface area (Å²) >= 11 is 0. The first-order valence-electron chi connectivity index (χ1n) is 13.2. The number of Topliss-reactive ketones (excluding diaryl/α,β-unsaturated/α-hetero) is 1. The highest BCUT2D eigenvalue weighted by Gasteiger charge is 2.34. The lowest BCUT2D eigenvalue weighted by Gasteiger charge is -2.21. The van der Waals surface area contributed by atoms with Gasteiger partial charge in [-0.05, 0) is 29.7 Å². The maximum atomic E-state index is 13.6. The van der Waals surface area contributed by atoms with E-state index in [1.54, 1.807) is 84.9 Å². The highest BCUT2D eigenvalue weighted by atomic mass is 32.2. The third-order valence-corrected chi connectivity index (χ3v) is 9.82. The number of amides is 1. The molecule has 0 saturated heterocycles. The van der Waals surface area contributed by atoms with Crippen molar-refractivity contribution in [3.05, 3.63) is 102 Å². The van der Waals surface area contributed by atoms with Crippen LogP contribution in [0.4, 0.5) is 0 Å². The van der Waals surface area contributed by atoms with E-state index < -0.39 is 54.8 Å². The standard InChI is InChI=1S/C30H32N2O7S2/c1-2-11-26(28(33)30-32-25-16-9-10-17-27(25)39-30)31-29(34)24(20-40(35,36)18-22-12-5-3-6-13-22)21-41(37,38)19-23-14-7-4-8-15-23/h3-10,12-17,24,26H,2,11,18-21H2,1H3,(H,31,34)/t26-/m0/s1. The molecule has 9 nitrogen and oxygen atoms in total. The van der Waals surface area contributed by atoms with E-state index in [9.17, 15) is 26.4 Å². The molecule has 41 heavy (non-hydrogen) atoms. The summed E-state index contributed by atoms with van der Waals surface area (Å²) in [5.41, 5.74) is 1.94. The zero-order valence-electron chi connectivity index (χ0n) is 22.6. The van der Waals surface area contributed by atoms with Crippen molar-refractivity contribution in [1.29, 1.82) is 0 Å². The molecule has 1 heterocycles. The molecule has 1 amide bonds. The molecule has 0 saturated carbocycles. The van der Waals surface area contributed by atoms with Crippen LogP contribution in [-0.4, -0.2) is 51.1 Å². The molecule has 1 N–H and O–H groups in total. The number of ketones is 1. The van der Waals surface area contributed by atoms with Crippen LogP contribution in [0.1, 0.15) is 41.6 Å². The highest BCUT2D eigenvalue weighted by molar-refractivity contribution is 7.91. The monoisotopic (exact) mass is 596 g/mol. The topological polar surface area (TPSA) is 140 Å². The van der Waals surface area contributed by atoms with E-state index in [4.69, 9.17) is 4.42 Å². The first-order valence-corrected chi connectivity index (χ1v) is 16.9. The van der Waals surface area contributed by atoms with Gasteiger partial charge >= 0.3 is 0 Å². The Morgan fingerprint density at radius 3 is 1.80 bits per heavy atom. The molecule has 0 unspecified atom stereocenters. The first kappa shape index (κ1) is 30.1. The summed E-state index contributed by atoms with van der Waals surface area (Å²) in [6, 6.07) is 22.7. The van der Waals surface area contributed by atoms with Gasteiger partial charge in [-0.3, -0.25) is 9.59 Å². The molecule has 0 aliphatic carbocycles. The third-order valence-electron chi connectivity index (χ3n) is 6.45. The van der Waals surface area contributed by atoms with E-state index in [0.29, 0.717) is 28.6 Å². The largest absolute Gasteiger partial charge is 0.434 e. The van der Waals surface area contributed by atoms with Crippen molar-refractivity contribution in [3.63, 3.8) is 0 Å². The normalized spacial score (nSPS) is 12.8. The Kier molecular flexibility index (Phi) is 9.72. The van der Waals surface area contributed by atoms with Crippen LogP contribution in [0.5, 0.6) is 0 Å². The molecule has 0 aliphatic heterocycles. The molecule has 11 heteroatoms. The number of rotatable bonds is 14. The highest BCUT2D eigenvalue weighted by Crippen LogP contribution is 2.19. The van der Waals surface area contributed by atoms with E-state index in [1.807, 2.05) is 6.92 Å². The van der Waals surface area contributed by atoms with Crippen LogP contribution < -0.4 is 5.32 Å².